The Morgan fingerprint density at radius 1 is 0.931 bits per heavy atom. The van der Waals surface area contributed by atoms with Gasteiger partial charge in [0.05, 0.1) is 6.20 Å². The second-order valence-electron chi connectivity index (χ2n) is 7.62. The molecule has 1 aromatic heterocycles. The van der Waals surface area contributed by atoms with E-state index in [0.717, 1.165) is 44.1 Å². The summed E-state index contributed by atoms with van der Waals surface area (Å²) in [5, 5.41) is 8.54. The van der Waals surface area contributed by atoms with Gasteiger partial charge in [0.2, 0.25) is 5.95 Å². The van der Waals surface area contributed by atoms with Gasteiger partial charge in [-0.05, 0) is 49.2 Å². The van der Waals surface area contributed by atoms with Gasteiger partial charge in [0.1, 0.15) is 5.82 Å². The number of halogens is 1. The topological polar surface area (TPSA) is 48.4 Å². The van der Waals surface area contributed by atoms with E-state index in [1.54, 1.807) is 6.20 Å². The first-order valence-corrected chi connectivity index (χ1v) is 10.0. The van der Waals surface area contributed by atoms with E-state index in [9.17, 15) is 4.39 Å². The van der Waals surface area contributed by atoms with Crippen LogP contribution in [0.1, 0.15) is 12.5 Å². The maximum Gasteiger partial charge on any atom is 0.247 e. The lowest BCUT2D eigenvalue weighted by atomic mass is 10.1. The second kappa shape index (κ2) is 7.31. The van der Waals surface area contributed by atoms with Crippen LogP contribution in [-0.2, 0) is 6.42 Å². The lowest BCUT2D eigenvalue weighted by Gasteiger charge is -2.36. The van der Waals surface area contributed by atoms with Crippen LogP contribution < -0.4 is 14.7 Å². The molecule has 2 aliphatic heterocycles. The molecule has 1 saturated heterocycles. The largest absolute Gasteiger partial charge is 0.368 e. The molecule has 1 atom stereocenters. The predicted molar refractivity (Wildman–Crippen MR) is 112 cm³/mol. The number of hydrogen-bond donors (Lipinski definition) is 0. The van der Waals surface area contributed by atoms with Gasteiger partial charge in [-0.25, -0.2) is 4.39 Å². The van der Waals surface area contributed by atoms with Crippen molar-refractivity contribution in [2.45, 2.75) is 19.4 Å². The zero-order chi connectivity index (χ0) is 19.8. The summed E-state index contributed by atoms with van der Waals surface area (Å²) >= 11 is 0. The highest BCUT2D eigenvalue weighted by Crippen LogP contribution is 2.37. The molecule has 0 saturated carbocycles. The van der Waals surface area contributed by atoms with E-state index >= 15 is 0 Å². The fraction of sp³-hybridized carbons (Fsp3) is 0.318. The Morgan fingerprint density at radius 2 is 1.66 bits per heavy atom. The first-order valence-electron chi connectivity index (χ1n) is 10.0. The smallest absolute Gasteiger partial charge is 0.247 e. The third-order valence-electron chi connectivity index (χ3n) is 5.74. The van der Waals surface area contributed by atoms with Gasteiger partial charge in [-0.2, -0.15) is 10.1 Å². The Kier molecular flexibility index (Phi) is 4.50. The van der Waals surface area contributed by atoms with Crippen molar-refractivity contribution in [2.24, 2.45) is 0 Å². The number of fused-ring (bicyclic) bond motifs is 1. The fourth-order valence-corrected chi connectivity index (χ4v) is 4.27. The average molecular weight is 390 g/mol. The predicted octanol–water partition coefficient (Wildman–Crippen LogP) is 3.42. The van der Waals surface area contributed by atoms with Crippen molar-refractivity contribution in [2.75, 3.05) is 40.9 Å². The van der Waals surface area contributed by atoms with Crippen LogP contribution in [0, 0.1) is 5.82 Å². The van der Waals surface area contributed by atoms with Gasteiger partial charge in [0.25, 0.3) is 0 Å². The van der Waals surface area contributed by atoms with Crippen molar-refractivity contribution in [1.29, 1.82) is 0 Å². The normalized spacial score (nSPS) is 18.8. The molecule has 148 valence electrons. The van der Waals surface area contributed by atoms with E-state index in [-0.39, 0.29) is 5.82 Å². The van der Waals surface area contributed by atoms with Crippen molar-refractivity contribution in [1.82, 2.24) is 15.2 Å². The van der Waals surface area contributed by atoms with E-state index in [0.29, 0.717) is 12.0 Å². The van der Waals surface area contributed by atoms with Gasteiger partial charge in [0.15, 0.2) is 5.82 Å². The SMILES string of the molecule is CC1Cc2ccccc2N1c1cnnc(N2CCN(c3ccc(F)cc3)CC2)n1. The number of piperazine rings is 1. The van der Waals surface area contributed by atoms with Crippen LogP contribution in [0.4, 0.5) is 27.5 Å². The molecule has 2 aromatic carbocycles. The first kappa shape index (κ1) is 17.8. The lowest BCUT2D eigenvalue weighted by Crippen LogP contribution is -2.47. The highest BCUT2D eigenvalue weighted by Gasteiger charge is 2.29. The minimum absolute atomic E-state index is 0.207. The third-order valence-corrected chi connectivity index (χ3v) is 5.74. The van der Waals surface area contributed by atoms with Crippen LogP contribution in [0.25, 0.3) is 0 Å². The van der Waals surface area contributed by atoms with Crippen LogP contribution in [0.2, 0.25) is 0 Å². The van der Waals surface area contributed by atoms with E-state index in [2.05, 4.69) is 56.1 Å². The Labute approximate surface area is 169 Å². The van der Waals surface area contributed by atoms with E-state index < -0.39 is 0 Å². The quantitative estimate of drug-likeness (QED) is 0.683. The molecule has 3 aromatic rings. The van der Waals surface area contributed by atoms with Crippen LogP contribution >= 0.6 is 0 Å². The summed E-state index contributed by atoms with van der Waals surface area (Å²) in [4.78, 5) is 11.5. The highest BCUT2D eigenvalue weighted by atomic mass is 19.1. The first-order chi connectivity index (χ1) is 14.2. The monoisotopic (exact) mass is 390 g/mol. The van der Waals surface area contributed by atoms with Crippen molar-refractivity contribution >= 4 is 23.1 Å². The molecular formula is C22H23FN6. The summed E-state index contributed by atoms with van der Waals surface area (Å²) in [5.74, 6) is 1.30. The van der Waals surface area contributed by atoms with Gasteiger partial charge in [-0.3, -0.25) is 0 Å². The van der Waals surface area contributed by atoms with Crippen molar-refractivity contribution in [3.05, 3.63) is 66.1 Å². The van der Waals surface area contributed by atoms with E-state index in [4.69, 9.17) is 4.98 Å². The summed E-state index contributed by atoms with van der Waals surface area (Å²) in [5.41, 5.74) is 3.59. The molecule has 7 heteroatoms. The number of anilines is 4. The van der Waals surface area contributed by atoms with E-state index in [1.807, 2.05) is 12.1 Å². The van der Waals surface area contributed by atoms with Gasteiger partial charge in [0, 0.05) is 43.6 Å². The van der Waals surface area contributed by atoms with Gasteiger partial charge >= 0.3 is 0 Å². The maximum atomic E-state index is 13.2. The van der Waals surface area contributed by atoms with Crippen LogP contribution in [0.15, 0.2) is 54.7 Å². The third kappa shape index (κ3) is 3.37. The van der Waals surface area contributed by atoms with Gasteiger partial charge in [-0.15, -0.1) is 5.10 Å². The molecule has 0 radical (unpaired) electrons. The molecule has 0 amide bonds. The van der Waals surface area contributed by atoms with E-state index in [1.165, 1.54) is 23.4 Å². The molecule has 0 bridgehead atoms. The standard InChI is InChI=1S/C22H23FN6/c1-16-14-17-4-2-3-5-20(17)29(16)21-15-24-26-22(25-21)28-12-10-27(11-13-28)19-8-6-18(23)7-9-19/h2-9,15-16H,10-14H2,1H3. The number of aromatic nitrogens is 3. The maximum absolute atomic E-state index is 13.2. The second-order valence-corrected chi connectivity index (χ2v) is 7.62. The minimum atomic E-state index is -0.207. The number of para-hydroxylation sites is 1. The molecule has 0 N–H and O–H groups in total. The van der Waals surface area contributed by atoms with Crippen LogP contribution in [0.3, 0.4) is 0 Å². The Morgan fingerprint density at radius 3 is 2.45 bits per heavy atom. The lowest BCUT2D eigenvalue weighted by molar-refractivity contribution is 0.621. The molecule has 6 nitrogen and oxygen atoms in total. The Bertz CT molecular complexity index is 1000. The zero-order valence-corrected chi connectivity index (χ0v) is 16.4. The van der Waals surface area contributed by atoms with Gasteiger partial charge < -0.3 is 14.7 Å². The average Bonchev–Trinajstić information content (AvgIpc) is 3.10. The van der Waals surface area contributed by atoms with Crippen molar-refractivity contribution < 1.29 is 4.39 Å². The molecule has 1 unspecified atom stereocenters. The molecule has 3 heterocycles. The molecule has 0 spiro atoms. The van der Waals surface area contributed by atoms with Crippen molar-refractivity contribution in [3.8, 4) is 0 Å². The zero-order valence-electron chi connectivity index (χ0n) is 16.4. The Balaban J connectivity index is 1.33. The van der Waals surface area contributed by atoms with Crippen molar-refractivity contribution in [3.63, 3.8) is 0 Å². The molecule has 0 aliphatic carbocycles. The number of benzene rings is 2. The molecule has 29 heavy (non-hydrogen) atoms. The molecule has 2 aliphatic rings. The molecule has 5 rings (SSSR count). The molecule has 1 fully saturated rings. The summed E-state index contributed by atoms with van der Waals surface area (Å²) in [6.07, 6.45) is 2.75. The van der Waals surface area contributed by atoms with Crippen LogP contribution in [0.5, 0.6) is 0 Å². The fourth-order valence-electron chi connectivity index (χ4n) is 4.27. The summed E-state index contributed by atoms with van der Waals surface area (Å²) in [6.45, 7) is 5.48. The number of hydrogen-bond acceptors (Lipinski definition) is 6. The minimum Gasteiger partial charge on any atom is -0.368 e. The summed E-state index contributed by atoms with van der Waals surface area (Å²) in [6, 6.07) is 15.5. The highest BCUT2D eigenvalue weighted by molar-refractivity contribution is 5.68. The van der Waals surface area contributed by atoms with Crippen LogP contribution in [-0.4, -0.2) is 47.4 Å². The summed E-state index contributed by atoms with van der Waals surface area (Å²) < 4.78 is 13.2. The molecular weight excluding hydrogens is 367 g/mol. The number of nitrogens with zero attached hydrogens (tertiary/aromatic N) is 6. The summed E-state index contributed by atoms with van der Waals surface area (Å²) in [7, 11) is 0. The Hall–Kier alpha value is -3.22. The number of rotatable bonds is 3. The van der Waals surface area contributed by atoms with Gasteiger partial charge in [-0.1, -0.05) is 18.2 Å².